The van der Waals surface area contributed by atoms with Gasteiger partial charge in [-0.1, -0.05) is 0 Å². The van der Waals surface area contributed by atoms with Crippen LogP contribution in [-0.4, -0.2) is 32.8 Å². The van der Waals surface area contributed by atoms with Crippen molar-refractivity contribution in [1.82, 2.24) is 5.32 Å². The van der Waals surface area contributed by atoms with Crippen LogP contribution in [0.1, 0.15) is 34.6 Å². The Hall–Kier alpha value is -1.24. The second-order valence-corrected chi connectivity index (χ2v) is 6.15. The third-order valence-electron chi connectivity index (χ3n) is 1.50. The van der Waals surface area contributed by atoms with Crippen LogP contribution >= 0.6 is 11.8 Å². The molecule has 1 amide bonds. The molecule has 0 aromatic carbocycles. The van der Waals surface area contributed by atoms with Crippen LogP contribution < -0.4 is 5.32 Å². The molecule has 0 aliphatic carbocycles. The Morgan fingerprint density at radius 1 is 1.18 bits per heavy atom. The summed E-state index contributed by atoms with van der Waals surface area (Å²) in [6, 6.07) is 0. The van der Waals surface area contributed by atoms with E-state index in [1.165, 1.54) is 13.8 Å². The van der Waals surface area contributed by atoms with E-state index in [4.69, 9.17) is 9.84 Å². The second kappa shape index (κ2) is 5.39. The number of hydrogen-bond acceptors (Lipinski definition) is 5. The van der Waals surface area contributed by atoms with Crippen LogP contribution in [0.2, 0.25) is 0 Å². The molecule has 0 aromatic rings. The van der Waals surface area contributed by atoms with Gasteiger partial charge in [-0.3, -0.25) is 10.1 Å². The standard InChI is InChI=1S/C10H17NO5S/c1-6(12)17-10(5,7(13)14)11-8(15)16-9(2,3)4/h1-5H3,(H,11,15)(H,13,14). The molecule has 0 bridgehead atoms. The summed E-state index contributed by atoms with van der Waals surface area (Å²) in [5.41, 5.74) is -0.732. The summed E-state index contributed by atoms with van der Waals surface area (Å²) in [5.74, 6) is -1.32. The number of thioether (sulfide) groups is 1. The Labute approximate surface area is 104 Å². The third kappa shape index (κ3) is 6.15. The highest BCUT2D eigenvalue weighted by Gasteiger charge is 2.38. The maximum Gasteiger partial charge on any atom is 0.409 e. The number of aliphatic carboxylic acids is 1. The molecule has 2 N–H and O–H groups in total. The average Bonchev–Trinajstić information content (AvgIpc) is 1.96. The highest BCUT2D eigenvalue weighted by molar-refractivity contribution is 8.15. The number of carbonyl (C=O) groups excluding carboxylic acids is 2. The Morgan fingerprint density at radius 3 is 1.94 bits per heavy atom. The van der Waals surface area contributed by atoms with E-state index in [1.54, 1.807) is 20.8 Å². The van der Waals surface area contributed by atoms with E-state index in [-0.39, 0.29) is 0 Å². The highest BCUT2D eigenvalue weighted by atomic mass is 32.2. The lowest BCUT2D eigenvalue weighted by molar-refractivity contribution is -0.140. The van der Waals surface area contributed by atoms with Crippen molar-refractivity contribution < 1.29 is 24.2 Å². The van der Waals surface area contributed by atoms with Gasteiger partial charge in [-0.15, -0.1) is 0 Å². The van der Waals surface area contributed by atoms with E-state index < -0.39 is 27.6 Å². The maximum absolute atomic E-state index is 11.4. The van der Waals surface area contributed by atoms with Crippen molar-refractivity contribution in [3.63, 3.8) is 0 Å². The fourth-order valence-corrected chi connectivity index (χ4v) is 1.71. The van der Waals surface area contributed by atoms with E-state index in [1.807, 2.05) is 0 Å². The number of hydrogen-bond donors (Lipinski definition) is 2. The van der Waals surface area contributed by atoms with Gasteiger partial charge in [0.15, 0.2) is 9.99 Å². The molecule has 0 aliphatic heterocycles. The Kier molecular flexibility index (Phi) is 5.00. The van der Waals surface area contributed by atoms with Crippen LogP contribution in [0.25, 0.3) is 0 Å². The summed E-state index contributed by atoms with van der Waals surface area (Å²) in [4.78, 5) is 31.7. The highest BCUT2D eigenvalue weighted by Crippen LogP contribution is 2.23. The van der Waals surface area contributed by atoms with Gasteiger partial charge in [-0.2, -0.15) is 0 Å². The number of carboxylic acid groups (broad SMARTS) is 1. The summed E-state index contributed by atoms with van der Waals surface area (Å²) in [7, 11) is 0. The Morgan fingerprint density at radius 2 is 1.65 bits per heavy atom. The molecule has 6 nitrogen and oxygen atoms in total. The lowest BCUT2D eigenvalue weighted by Crippen LogP contribution is -2.51. The first-order chi connectivity index (χ1) is 7.46. The summed E-state index contributed by atoms with van der Waals surface area (Å²) < 4.78 is 4.93. The summed E-state index contributed by atoms with van der Waals surface area (Å²) in [6.07, 6.45) is -0.879. The van der Waals surface area contributed by atoms with Gasteiger partial charge < -0.3 is 9.84 Å². The molecule has 0 aromatic heterocycles. The van der Waals surface area contributed by atoms with Crippen LogP contribution in [0.5, 0.6) is 0 Å². The van der Waals surface area contributed by atoms with E-state index in [0.717, 1.165) is 0 Å². The molecule has 0 heterocycles. The van der Waals surface area contributed by atoms with Crippen LogP contribution in [0.15, 0.2) is 0 Å². The van der Waals surface area contributed by atoms with Crippen molar-refractivity contribution in [2.45, 2.75) is 45.1 Å². The molecule has 0 radical (unpaired) electrons. The van der Waals surface area contributed by atoms with E-state index in [9.17, 15) is 14.4 Å². The fourth-order valence-electron chi connectivity index (χ4n) is 0.908. The molecule has 0 spiro atoms. The lowest BCUT2D eigenvalue weighted by Gasteiger charge is -2.26. The van der Waals surface area contributed by atoms with Crippen LogP contribution in [0.3, 0.4) is 0 Å². The van der Waals surface area contributed by atoms with E-state index in [0.29, 0.717) is 11.8 Å². The number of nitrogens with one attached hydrogen (secondary N) is 1. The largest absolute Gasteiger partial charge is 0.479 e. The number of rotatable bonds is 3. The van der Waals surface area contributed by atoms with Crippen molar-refractivity contribution >= 4 is 28.9 Å². The first kappa shape index (κ1) is 15.8. The molecule has 7 heteroatoms. The summed E-state index contributed by atoms with van der Waals surface area (Å²) in [6.45, 7) is 7.42. The van der Waals surface area contributed by atoms with Gasteiger partial charge in [0.2, 0.25) is 0 Å². The van der Waals surface area contributed by atoms with Gasteiger partial charge in [-0.05, 0) is 39.5 Å². The zero-order chi connectivity index (χ0) is 13.9. The molecule has 1 atom stereocenters. The molecule has 17 heavy (non-hydrogen) atoms. The van der Waals surface area contributed by atoms with Crippen molar-refractivity contribution in [2.24, 2.45) is 0 Å². The molecule has 1 unspecified atom stereocenters. The topological polar surface area (TPSA) is 92.7 Å². The summed E-state index contributed by atoms with van der Waals surface area (Å²) in [5, 5.41) is 10.7. The summed E-state index contributed by atoms with van der Waals surface area (Å²) >= 11 is 0.514. The minimum Gasteiger partial charge on any atom is -0.479 e. The minimum atomic E-state index is -1.73. The van der Waals surface area contributed by atoms with E-state index >= 15 is 0 Å². The molecular weight excluding hydrogens is 246 g/mol. The molecular formula is C10H17NO5S. The number of amides is 1. The van der Waals surface area contributed by atoms with Gasteiger partial charge in [0.05, 0.1) is 0 Å². The van der Waals surface area contributed by atoms with Gasteiger partial charge in [0, 0.05) is 6.92 Å². The zero-order valence-corrected chi connectivity index (χ0v) is 11.3. The maximum atomic E-state index is 11.4. The molecule has 0 fully saturated rings. The van der Waals surface area contributed by atoms with Crippen molar-refractivity contribution in [3.05, 3.63) is 0 Å². The fraction of sp³-hybridized carbons (Fsp3) is 0.700. The number of alkyl carbamates (subject to hydrolysis) is 1. The zero-order valence-electron chi connectivity index (χ0n) is 10.5. The number of carboxylic acids is 1. The molecule has 0 aliphatic rings. The van der Waals surface area contributed by atoms with Gasteiger partial charge >= 0.3 is 12.1 Å². The van der Waals surface area contributed by atoms with Crippen molar-refractivity contribution in [1.29, 1.82) is 0 Å². The minimum absolute atomic E-state index is 0.411. The van der Waals surface area contributed by atoms with Gasteiger partial charge in [0.25, 0.3) is 0 Å². The number of carbonyl (C=O) groups is 3. The molecule has 0 saturated carbocycles. The van der Waals surface area contributed by atoms with Crippen LogP contribution in [0.4, 0.5) is 4.79 Å². The van der Waals surface area contributed by atoms with E-state index in [2.05, 4.69) is 5.32 Å². The Bertz CT molecular complexity index is 336. The lowest BCUT2D eigenvalue weighted by atomic mass is 10.2. The average molecular weight is 263 g/mol. The Balaban J connectivity index is 4.72. The predicted octanol–water partition coefficient (Wildman–Crippen LogP) is 1.59. The molecule has 0 rings (SSSR count). The second-order valence-electron chi connectivity index (χ2n) is 4.56. The van der Waals surface area contributed by atoms with Gasteiger partial charge in [0.1, 0.15) is 5.60 Å². The predicted molar refractivity (Wildman–Crippen MR) is 63.7 cm³/mol. The smallest absolute Gasteiger partial charge is 0.409 e. The van der Waals surface area contributed by atoms with Crippen LogP contribution in [-0.2, 0) is 14.3 Å². The first-order valence-electron chi connectivity index (χ1n) is 4.90. The normalized spacial score (nSPS) is 14.6. The molecule has 98 valence electrons. The van der Waals surface area contributed by atoms with Gasteiger partial charge in [-0.25, -0.2) is 9.59 Å². The van der Waals surface area contributed by atoms with Crippen molar-refractivity contribution in [3.8, 4) is 0 Å². The molecule has 0 saturated heterocycles. The van der Waals surface area contributed by atoms with Crippen LogP contribution in [0, 0.1) is 0 Å². The van der Waals surface area contributed by atoms with Crippen molar-refractivity contribution in [2.75, 3.05) is 0 Å². The number of ether oxygens (including phenoxy) is 1. The first-order valence-corrected chi connectivity index (χ1v) is 5.72. The monoisotopic (exact) mass is 263 g/mol. The third-order valence-corrected chi connectivity index (χ3v) is 2.47. The SMILES string of the molecule is CC(=O)SC(C)(NC(=O)OC(C)(C)C)C(=O)O. The quantitative estimate of drug-likeness (QED) is 0.751.